The molecule has 4 rings (SSSR count). The Kier molecular flexibility index (Phi) is 7.01. The molecule has 1 saturated heterocycles. The zero-order valence-electron chi connectivity index (χ0n) is 16.9. The zero-order chi connectivity index (χ0) is 21.6. The molecule has 1 aromatic heterocycles. The quantitative estimate of drug-likeness (QED) is 0.524. The molecule has 3 aromatic rings. The van der Waals surface area contributed by atoms with Gasteiger partial charge in [-0.3, -0.25) is 9.59 Å². The first kappa shape index (κ1) is 21.5. The summed E-state index contributed by atoms with van der Waals surface area (Å²) in [6.07, 6.45) is 0.871. The number of aromatic nitrogens is 1. The van der Waals surface area contributed by atoms with Gasteiger partial charge in [-0.15, -0.1) is 0 Å². The monoisotopic (exact) mass is 458 g/mol. The van der Waals surface area contributed by atoms with Crippen molar-refractivity contribution >= 4 is 55.8 Å². The van der Waals surface area contributed by atoms with Crippen molar-refractivity contribution in [3.8, 4) is 0 Å². The lowest BCUT2D eigenvalue weighted by atomic mass is 10.2. The number of hydrogen-bond acceptors (Lipinski definition) is 6. The first-order valence-electron chi connectivity index (χ1n) is 10.2. The summed E-state index contributed by atoms with van der Waals surface area (Å²) in [5.41, 5.74) is 2.22. The fourth-order valence-electron chi connectivity index (χ4n) is 3.26. The minimum Gasteiger partial charge on any atom is -0.378 e. The van der Waals surface area contributed by atoms with Crippen LogP contribution in [0.2, 0.25) is 5.02 Å². The molecule has 0 atom stereocenters. The van der Waals surface area contributed by atoms with Gasteiger partial charge >= 0.3 is 0 Å². The molecule has 2 N–H and O–H groups in total. The van der Waals surface area contributed by atoms with Crippen molar-refractivity contribution in [3.05, 3.63) is 53.1 Å². The van der Waals surface area contributed by atoms with E-state index in [0.29, 0.717) is 30.0 Å². The fraction of sp³-hybridized carbons (Fsp3) is 0.318. The van der Waals surface area contributed by atoms with Crippen molar-refractivity contribution in [2.45, 2.75) is 12.8 Å². The molecule has 2 aromatic carbocycles. The number of morpholine rings is 1. The van der Waals surface area contributed by atoms with Gasteiger partial charge in [0.2, 0.25) is 5.91 Å². The largest absolute Gasteiger partial charge is 0.378 e. The van der Waals surface area contributed by atoms with Gasteiger partial charge in [-0.05, 0) is 48.9 Å². The third kappa shape index (κ3) is 5.72. The van der Waals surface area contributed by atoms with Crippen molar-refractivity contribution in [1.82, 2.24) is 10.3 Å². The topological polar surface area (TPSA) is 83.6 Å². The molecule has 1 aliphatic rings. The molecule has 1 fully saturated rings. The summed E-state index contributed by atoms with van der Waals surface area (Å²) in [7, 11) is 0. The van der Waals surface area contributed by atoms with Crippen LogP contribution in [0.3, 0.4) is 0 Å². The van der Waals surface area contributed by atoms with Gasteiger partial charge in [0.15, 0.2) is 5.13 Å². The number of carbonyl (C=O) groups excluding carboxylic acids is 2. The minimum atomic E-state index is -0.177. The molecule has 7 nitrogen and oxygen atoms in total. The van der Waals surface area contributed by atoms with E-state index in [1.54, 1.807) is 35.6 Å². The van der Waals surface area contributed by atoms with Gasteiger partial charge in [0.1, 0.15) is 0 Å². The maximum absolute atomic E-state index is 12.3. The summed E-state index contributed by atoms with van der Waals surface area (Å²) in [6.45, 7) is 3.55. The number of nitrogens with one attached hydrogen (secondary N) is 2. The van der Waals surface area contributed by atoms with Gasteiger partial charge in [0, 0.05) is 42.3 Å². The maximum atomic E-state index is 12.3. The van der Waals surface area contributed by atoms with Gasteiger partial charge in [-0.1, -0.05) is 22.9 Å². The SMILES string of the molecule is O=C(CCCNC(=O)c1ccc(Cl)cc1)Nc1ccc2nc(N3CCOCC3)sc2c1. The van der Waals surface area contributed by atoms with E-state index in [1.165, 1.54) is 0 Å². The average Bonchev–Trinajstić information content (AvgIpc) is 3.21. The van der Waals surface area contributed by atoms with Crippen LogP contribution in [0.4, 0.5) is 10.8 Å². The first-order valence-corrected chi connectivity index (χ1v) is 11.3. The zero-order valence-corrected chi connectivity index (χ0v) is 18.5. The number of thiazole rings is 1. The smallest absolute Gasteiger partial charge is 0.251 e. The molecular formula is C22H23ClN4O3S. The van der Waals surface area contributed by atoms with Gasteiger partial charge in [-0.2, -0.15) is 0 Å². The maximum Gasteiger partial charge on any atom is 0.251 e. The Morgan fingerprint density at radius 1 is 1.13 bits per heavy atom. The number of hydrogen-bond donors (Lipinski definition) is 2. The van der Waals surface area contributed by atoms with Crippen LogP contribution in [-0.2, 0) is 9.53 Å². The lowest BCUT2D eigenvalue weighted by Gasteiger charge is -2.25. The van der Waals surface area contributed by atoms with E-state index in [4.69, 9.17) is 21.3 Å². The second kappa shape index (κ2) is 10.1. The minimum absolute atomic E-state index is 0.0852. The van der Waals surface area contributed by atoms with Crippen LogP contribution >= 0.6 is 22.9 Å². The van der Waals surface area contributed by atoms with Crippen LogP contribution in [0.15, 0.2) is 42.5 Å². The second-order valence-electron chi connectivity index (χ2n) is 7.19. The number of nitrogens with zero attached hydrogens (tertiary/aromatic N) is 2. The third-order valence-electron chi connectivity index (χ3n) is 4.92. The number of benzene rings is 2. The van der Waals surface area contributed by atoms with E-state index in [-0.39, 0.29) is 11.8 Å². The molecule has 0 bridgehead atoms. The van der Waals surface area contributed by atoms with Crippen molar-refractivity contribution < 1.29 is 14.3 Å². The number of carbonyl (C=O) groups is 2. The number of halogens is 1. The average molecular weight is 459 g/mol. The molecule has 2 heterocycles. The van der Waals surface area contributed by atoms with Gasteiger partial charge in [0.05, 0.1) is 23.4 Å². The van der Waals surface area contributed by atoms with Crippen molar-refractivity contribution in [2.24, 2.45) is 0 Å². The van der Waals surface area contributed by atoms with Gasteiger partial charge < -0.3 is 20.3 Å². The van der Waals surface area contributed by atoms with Gasteiger partial charge in [0.25, 0.3) is 5.91 Å². The van der Waals surface area contributed by atoms with E-state index < -0.39 is 0 Å². The van der Waals surface area contributed by atoms with E-state index >= 15 is 0 Å². The lowest BCUT2D eigenvalue weighted by Crippen LogP contribution is -2.36. The summed E-state index contributed by atoms with van der Waals surface area (Å²) in [6, 6.07) is 12.4. The molecule has 2 amide bonds. The number of rotatable bonds is 7. The van der Waals surface area contributed by atoms with E-state index in [9.17, 15) is 9.59 Å². The lowest BCUT2D eigenvalue weighted by molar-refractivity contribution is -0.116. The number of anilines is 2. The van der Waals surface area contributed by atoms with Crippen LogP contribution in [0.5, 0.6) is 0 Å². The number of ether oxygens (including phenoxy) is 1. The van der Waals surface area contributed by atoms with E-state index in [0.717, 1.165) is 47.3 Å². The van der Waals surface area contributed by atoms with Crippen LogP contribution in [0.25, 0.3) is 10.2 Å². The molecular weight excluding hydrogens is 436 g/mol. The summed E-state index contributed by atoms with van der Waals surface area (Å²) in [5.74, 6) is -0.262. The molecule has 0 radical (unpaired) electrons. The van der Waals surface area contributed by atoms with Crippen molar-refractivity contribution in [1.29, 1.82) is 0 Å². The Morgan fingerprint density at radius 2 is 1.90 bits per heavy atom. The van der Waals surface area contributed by atoms with Crippen LogP contribution in [0.1, 0.15) is 23.2 Å². The summed E-state index contributed by atoms with van der Waals surface area (Å²) < 4.78 is 6.43. The molecule has 162 valence electrons. The highest BCUT2D eigenvalue weighted by Gasteiger charge is 2.16. The normalized spacial score (nSPS) is 13.9. The first-order chi connectivity index (χ1) is 15.1. The Hall–Kier alpha value is -2.68. The molecule has 0 saturated carbocycles. The Bertz CT molecular complexity index is 1060. The standard InChI is InChI=1S/C22H23ClN4O3S/c23-16-5-3-15(4-6-16)21(29)24-9-1-2-20(28)25-17-7-8-18-19(14-17)31-22(26-18)27-10-12-30-13-11-27/h3-8,14H,1-2,9-13H2,(H,24,29)(H,25,28). The highest BCUT2D eigenvalue weighted by Crippen LogP contribution is 2.31. The second-order valence-corrected chi connectivity index (χ2v) is 8.64. The molecule has 0 aliphatic carbocycles. The predicted molar refractivity (Wildman–Crippen MR) is 124 cm³/mol. The Labute approximate surface area is 189 Å². The van der Waals surface area contributed by atoms with Crippen LogP contribution in [0, 0.1) is 0 Å². The Balaban J connectivity index is 1.25. The molecule has 1 aliphatic heterocycles. The van der Waals surface area contributed by atoms with Crippen LogP contribution in [-0.4, -0.2) is 49.6 Å². The number of amides is 2. The summed E-state index contributed by atoms with van der Waals surface area (Å²) >= 11 is 7.45. The summed E-state index contributed by atoms with van der Waals surface area (Å²) in [5, 5.41) is 7.31. The van der Waals surface area contributed by atoms with E-state index in [1.807, 2.05) is 18.2 Å². The number of fused-ring (bicyclic) bond motifs is 1. The van der Waals surface area contributed by atoms with Gasteiger partial charge in [-0.25, -0.2) is 4.98 Å². The highest BCUT2D eigenvalue weighted by atomic mass is 35.5. The third-order valence-corrected chi connectivity index (χ3v) is 6.25. The van der Waals surface area contributed by atoms with Crippen LogP contribution < -0.4 is 15.5 Å². The van der Waals surface area contributed by atoms with Crippen molar-refractivity contribution in [2.75, 3.05) is 43.1 Å². The molecule has 0 spiro atoms. The molecule has 9 heteroatoms. The van der Waals surface area contributed by atoms with E-state index in [2.05, 4.69) is 15.5 Å². The molecule has 0 unspecified atom stereocenters. The molecule has 31 heavy (non-hydrogen) atoms. The predicted octanol–water partition coefficient (Wildman–Crippen LogP) is 3.94. The highest BCUT2D eigenvalue weighted by molar-refractivity contribution is 7.22. The Morgan fingerprint density at radius 3 is 2.68 bits per heavy atom. The fourth-order valence-corrected chi connectivity index (χ4v) is 4.44. The summed E-state index contributed by atoms with van der Waals surface area (Å²) in [4.78, 5) is 31.3. The van der Waals surface area contributed by atoms with Crippen molar-refractivity contribution in [3.63, 3.8) is 0 Å².